The summed E-state index contributed by atoms with van der Waals surface area (Å²) in [5.41, 5.74) is 3.75. The summed E-state index contributed by atoms with van der Waals surface area (Å²) < 4.78 is 1.55. The van der Waals surface area contributed by atoms with Crippen LogP contribution >= 0.6 is 0 Å². The van der Waals surface area contributed by atoms with Gasteiger partial charge in [0.2, 0.25) is 5.91 Å². The Morgan fingerprint density at radius 2 is 1.78 bits per heavy atom. The number of aryl methyl sites for hydroxylation is 2. The van der Waals surface area contributed by atoms with Gasteiger partial charge in [0.25, 0.3) is 0 Å². The van der Waals surface area contributed by atoms with Crippen molar-refractivity contribution in [3.8, 4) is 0 Å². The summed E-state index contributed by atoms with van der Waals surface area (Å²) in [6.07, 6.45) is 13.1. The van der Waals surface area contributed by atoms with Crippen LogP contribution in [0.15, 0.2) is 67.5 Å². The number of fused-ring (bicyclic) bond motifs is 1. The quantitative estimate of drug-likeness (QED) is 0.198. The Morgan fingerprint density at radius 3 is 2.30 bits per heavy atom. The van der Waals surface area contributed by atoms with E-state index >= 15 is 0 Å². The summed E-state index contributed by atoms with van der Waals surface area (Å²) in [4.78, 5) is 25.4. The van der Waals surface area contributed by atoms with Crippen LogP contribution in [0.4, 0.5) is 0 Å². The van der Waals surface area contributed by atoms with Crippen LogP contribution in [0.2, 0.25) is 3.98 Å². The number of hydrogen-bond donors (Lipinski definition) is 1. The fourth-order valence-electron chi connectivity index (χ4n) is 3.51. The summed E-state index contributed by atoms with van der Waals surface area (Å²) in [5.74, 6) is 0.999. The number of Topliss-reactive ketones (excluding diaryl/α,β-unsaturated/α-hetero) is 1. The van der Waals surface area contributed by atoms with Crippen molar-refractivity contribution >= 4 is 54.3 Å². The fourth-order valence-corrected chi connectivity index (χ4v) is 4.43. The second-order valence-electron chi connectivity index (χ2n) is 9.26. The van der Waals surface area contributed by atoms with Crippen LogP contribution in [-0.2, 0) is 9.59 Å². The van der Waals surface area contributed by atoms with Gasteiger partial charge in [0.15, 0.2) is 0 Å². The van der Waals surface area contributed by atoms with Gasteiger partial charge in [-0.3, -0.25) is 14.6 Å². The van der Waals surface area contributed by atoms with Gasteiger partial charge in [0.05, 0.1) is 6.42 Å². The van der Waals surface area contributed by atoms with Gasteiger partial charge < -0.3 is 5.32 Å². The number of carbonyl (C=O) groups excluding carboxylic acids is 2. The molecule has 1 saturated carbocycles. The number of aromatic nitrogens is 1. The SMILES string of the molecule is C=Cc1ccc(C)c2cnccc12.CCCC(=O)CC(=O)NC.Cc1ccccc1.[Tl][CH2]CCC1CC1. The molecule has 1 aromatic heterocycles. The van der Waals surface area contributed by atoms with E-state index in [-0.39, 0.29) is 18.1 Å². The molecule has 1 aliphatic carbocycles. The van der Waals surface area contributed by atoms with Crippen molar-refractivity contribution in [2.24, 2.45) is 5.92 Å². The average molecular weight is 692 g/mol. The molecule has 1 N–H and O–H groups in total. The van der Waals surface area contributed by atoms with Gasteiger partial charge >= 0.3 is 61.3 Å². The van der Waals surface area contributed by atoms with Gasteiger partial charge in [-0.15, -0.1) is 0 Å². The molecule has 4 rings (SSSR count). The Hall–Kier alpha value is -2.35. The fraction of sp³-hybridized carbons (Fsp3) is 0.406. The van der Waals surface area contributed by atoms with Crippen LogP contribution in [0.3, 0.4) is 0 Å². The van der Waals surface area contributed by atoms with E-state index in [0.29, 0.717) is 6.42 Å². The normalized spacial score (nSPS) is 11.4. The summed E-state index contributed by atoms with van der Waals surface area (Å²) in [6.45, 7) is 9.89. The summed E-state index contributed by atoms with van der Waals surface area (Å²) in [7, 11) is 1.53. The van der Waals surface area contributed by atoms with Crippen LogP contribution in [0.1, 0.15) is 68.6 Å². The van der Waals surface area contributed by atoms with Gasteiger partial charge in [-0.25, -0.2) is 0 Å². The van der Waals surface area contributed by atoms with E-state index in [9.17, 15) is 9.59 Å². The molecule has 1 amide bonds. The Kier molecular flexibility index (Phi) is 17.4. The van der Waals surface area contributed by atoms with E-state index < -0.39 is 0 Å². The average Bonchev–Trinajstić information content (AvgIpc) is 3.74. The summed E-state index contributed by atoms with van der Waals surface area (Å²) in [6, 6.07) is 16.5. The summed E-state index contributed by atoms with van der Waals surface area (Å²) >= 11 is 1.25. The predicted molar refractivity (Wildman–Crippen MR) is 159 cm³/mol. The van der Waals surface area contributed by atoms with E-state index in [4.69, 9.17) is 0 Å². The van der Waals surface area contributed by atoms with Crippen molar-refractivity contribution in [3.63, 3.8) is 0 Å². The molecule has 3 aromatic rings. The number of nitrogens with zero attached hydrogens (tertiary/aromatic N) is 1. The summed E-state index contributed by atoms with van der Waals surface area (Å²) in [5, 5.41) is 4.83. The number of nitrogens with one attached hydrogen (secondary N) is 1. The Bertz CT molecular complexity index is 1080. The number of carbonyl (C=O) groups is 2. The molecular formula is C32H43N2O2Tl. The molecule has 196 valence electrons. The van der Waals surface area contributed by atoms with E-state index in [0.717, 1.165) is 6.42 Å². The zero-order chi connectivity index (χ0) is 27.5. The van der Waals surface area contributed by atoms with E-state index in [1.807, 2.05) is 49.7 Å². The van der Waals surface area contributed by atoms with E-state index in [2.05, 4.69) is 55.0 Å². The van der Waals surface area contributed by atoms with Crippen LogP contribution in [0, 0.1) is 19.8 Å². The molecule has 4 nitrogen and oxygen atoms in total. The second-order valence-corrected chi connectivity index (χ2v) is 11.5. The number of benzene rings is 2. The third kappa shape index (κ3) is 14.8. The van der Waals surface area contributed by atoms with E-state index in [1.54, 1.807) is 23.2 Å². The monoisotopic (exact) mass is 692 g/mol. The van der Waals surface area contributed by atoms with Gasteiger partial charge in [0, 0.05) is 31.2 Å². The molecule has 2 aromatic carbocycles. The molecule has 1 aliphatic rings. The van der Waals surface area contributed by atoms with Crippen molar-refractivity contribution in [2.45, 2.75) is 69.7 Å². The Balaban J connectivity index is 0.000000256. The maximum atomic E-state index is 10.8. The standard InChI is InChI=1S/C12H11N.C7H13NO2.C7H8.C6H11.Tl/c1-3-10-5-4-9(2)12-8-13-7-6-11(10)12;1-3-4-6(9)5-7(10)8-2;1-7-5-3-2-4-6-7;1-2-3-6-4-5-6;/h3-8H,1H2,2H3;3-5H2,1-2H3,(H,8,10);2-6H,1H3;6H,1-5H2;. The molecule has 1 fully saturated rings. The Morgan fingerprint density at radius 1 is 1.08 bits per heavy atom. The van der Waals surface area contributed by atoms with Crippen molar-refractivity contribution in [1.82, 2.24) is 10.3 Å². The zero-order valence-electron chi connectivity index (χ0n) is 23.1. The zero-order valence-corrected chi connectivity index (χ0v) is 27.6. The van der Waals surface area contributed by atoms with Crippen molar-refractivity contribution in [1.29, 1.82) is 0 Å². The van der Waals surface area contributed by atoms with Crippen LogP contribution in [-0.4, -0.2) is 49.5 Å². The topological polar surface area (TPSA) is 59.1 Å². The third-order valence-electron chi connectivity index (χ3n) is 5.91. The number of hydrogen-bond acceptors (Lipinski definition) is 3. The van der Waals surface area contributed by atoms with Crippen LogP contribution in [0.5, 0.6) is 0 Å². The third-order valence-corrected chi connectivity index (χ3v) is 7.50. The molecule has 0 saturated heterocycles. The first-order valence-electron chi connectivity index (χ1n) is 13.3. The molecule has 0 atom stereocenters. The van der Waals surface area contributed by atoms with Gasteiger partial charge in [-0.05, 0) is 42.8 Å². The minimum absolute atomic E-state index is 0.0156. The van der Waals surface area contributed by atoms with Crippen molar-refractivity contribution < 1.29 is 9.59 Å². The first kappa shape index (κ1) is 32.7. The molecule has 37 heavy (non-hydrogen) atoms. The number of amides is 1. The predicted octanol–water partition coefficient (Wildman–Crippen LogP) is 7.44. The molecular weight excluding hydrogens is 649 g/mol. The van der Waals surface area contributed by atoms with Gasteiger partial charge in [-0.2, -0.15) is 0 Å². The van der Waals surface area contributed by atoms with E-state index in [1.165, 1.54) is 72.6 Å². The van der Waals surface area contributed by atoms with Crippen LogP contribution in [0.25, 0.3) is 16.8 Å². The molecule has 0 aliphatic heterocycles. The maximum absolute atomic E-state index is 10.8. The Labute approximate surface area is 240 Å². The van der Waals surface area contributed by atoms with Crippen LogP contribution < -0.4 is 5.32 Å². The molecule has 1 heterocycles. The van der Waals surface area contributed by atoms with Crippen molar-refractivity contribution in [3.05, 3.63) is 84.2 Å². The molecule has 0 unspecified atom stereocenters. The second kappa shape index (κ2) is 19.7. The molecule has 0 bridgehead atoms. The first-order chi connectivity index (χ1) is 17.9. The number of ketones is 1. The number of rotatable bonds is 8. The number of pyridine rings is 1. The van der Waals surface area contributed by atoms with Gasteiger partial charge in [0.1, 0.15) is 5.78 Å². The molecule has 5 heteroatoms. The molecule has 0 radical (unpaired) electrons. The molecule has 0 spiro atoms. The van der Waals surface area contributed by atoms with Gasteiger partial charge in [-0.1, -0.05) is 67.6 Å². The minimum atomic E-state index is -0.196. The van der Waals surface area contributed by atoms with Crippen molar-refractivity contribution in [2.75, 3.05) is 7.05 Å². The first-order valence-corrected chi connectivity index (χ1v) is 16.4.